The van der Waals surface area contributed by atoms with E-state index in [4.69, 9.17) is 13.9 Å². The van der Waals surface area contributed by atoms with Crippen LogP contribution in [0.25, 0.3) is 0 Å². The molecule has 2 amide bonds. The molecule has 3 heterocycles. The Labute approximate surface area is 169 Å². The van der Waals surface area contributed by atoms with Crippen LogP contribution in [0, 0.1) is 0 Å². The van der Waals surface area contributed by atoms with E-state index in [9.17, 15) is 9.59 Å². The fraction of sp³-hybridized carbons (Fsp3) is 0.455. The first kappa shape index (κ1) is 18.1. The van der Waals surface area contributed by atoms with Gasteiger partial charge in [0.15, 0.2) is 17.3 Å². The number of amides is 2. The summed E-state index contributed by atoms with van der Waals surface area (Å²) in [6.45, 7) is 0.543. The molecule has 0 bridgehead atoms. The van der Waals surface area contributed by atoms with Crippen molar-refractivity contribution in [1.29, 1.82) is 0 Å². The van der Waals surface area contributed by atoms with Crippen molar-refractivity contribution in [3.8, 4) is 11.5 Å². The van der Waals surface area contributed by atoms with Gasteiger partial charge in [0.1, 0.15) is 6.04 Å². The molecule has 5 rings (SSSR count). The van der Waals surface area contributed by atoms with Crippen LogP contribution in [0.3, 0.4) is 0 Å². The summed E-state index contributed by atoms with van der Waals surface area (Å²) in [5.41, 5.74) is 0.641. The highest BCUT2D eigenvalue weighted by Gasteiger charge is 2.42. The average molecular weight is 396 g/mol. The average Bonchev–Trinajstić information content (AvgIpc) is 3.47. The Balaban J connectivity index is 1.28. The fourth-order valence-corrected chi connectivity index (χ4v) is 4.52. The molecule has 3 aliphatic rings. The number of fused-ring (bicyclic) bond motifs is 1. The number of nitrogens with zero attached hydrogens (tertiary/aromatic N) is 1. The van der Waals surface area contributed by atoms with Crippen molar-refractivity contribution in [3.63, 3.8) is 0 Å². The Kier molecular flexibility index (Phi) is 4.45. The molecule has 29 heavy (non-hydrogen) atoms. The van der Waals surface area contributed by atoms with Gasteiger partial charge in [0.25, 0.3) is 11.7 Å². The Morgan fingerprint density at radius 3 is 2.66 bits per heavy atom. The highest BCUT2D eigenvalue weighted by atomic mass is 16.7. The molecule has 1 spiro atoms. The maximum absolute atomic E-state index is 12.9. The maximum atomic E-state index is 12.9. The topological polar surface area (TPSA) is 81.0 Å². The molecule has 2 aromatic rings. The molecule has 1 aliphatic carbocycles. The number of ether oxygens (including phenoxy) is 2. The lowest BCUT2D eigenvalue weighted by molar-refractivity contribution is -0.119. The predicted octanol–water partition coefficient (Wildman–Crippen LogP) is 3.95. The third kappa shape index (κ3) is 3.34. The second-order valence-electron chi connectivity index (χ2n) is 7.96. The molecule has 7 heteroatoms. The molecular weight excluding hydrogens is 372 g/mol. The summed E-state index contributed by atoms with van der Waals surface area (Å²) in [6, 6.07) is 8.25. The van der Waals surface area contributed by atoms with Gasteiger partial charge < -0.3 is 24.1 Å². The molecule has 0 unspecified atom stereocenters. The minimum Gasteiger partial charge on any atom is -0.459 e. The van der Waals surface area contributed by atoms with Crippen molar-refractivity contribution < 1.29 is 23.5 Å². The minimum absolute atomic E-state index is 0.200. The smallest absolute Gasteiger partial charge is 0.290 e. The summed E-state index contributed by atoms with van der Waals surface area (Å²) in [5.74, 6) is 0.651. The van der Waals surface area contributed by atoms with Gasteiger partial charge in [-0.15, -0.1) is 0 Å². The van der Waals surface area contributed by atoms with E-state index in [-0.39, 0.29) is 17.6 Å². The lowest BCUT2D eigenvalue weighted by Gasteiger charge is -2.31. The molecule has 2 aliphatic heterocycles. The molecular formula is C22H24N2O5. The number of hydrogen-bond donors (Lipinski definition) is 1. The number of furan rings is 1. The quantitative estimate of drug-likeness (QED) is 0.850. The first-order valence-corrected chi connectivity index (χ1v) is 10.3. The van der Waals surface area contributed by atoms with Crippen molar-refractivity contribution in [2.75, 3.05) is 11.9 Å². The van der Waals surface area contributed by atoms with Crippen LogP contribution in [0.15, 0.2) is 41.0 Å². The molecule has 1 aromatic heterocycles. The predicted molar refractivity (Wildman–Crippen MR) is 105 cm³/mol. The molecule has 1 atom stereocenters. The number of benzene rings is 1. The Bertz CT molecular complexity index is 917. The van der Waals surface area contributed by atoms with Gasteiger partial charge >= 0.3 is 0 Å². The van der Waals surface area contributed by atoms with Gasteiger partial charge in [-0.05, 0) is 49.9 Å². The van der Waals surface area contributed by atoms with Gasteiger partial charge in [-0.3, -0.25) is 9.59 Å². The van der Waals surface area contributed by atoms with Crippen LogP contribution in [0.2, 0.25) is 0 Å². The fourth-order valence-electron chi connectivity index (χ4n) is 4.52. The third-order valence-electron chi connectivity index (χ3n) is 5.97. The molecule has 1 saturated heterocycles. The Morgan fingerprint density at radius 1 is 1.03 bits per heavy atom. The number of rotatable bonds is 3. The van der Waals surface area contributed by atoms with Gasteiger partial charge in [0, 0.05) is 31.1 Å². The van der Waals surface area contributed by atoms with Crippen LogP contribution in [0.4, 0.5) is 5.69 Å². The van der Waals surface area contributed by atoms with Gasteiger partial charge in [-0.25, -0.2) is 0 Å². The molecule has 1 saturated carbocycles. The zero-order valence-corrected chi connectivity index (χ0v) is 16.2. The number of anilines is 1. The van der Waals surface area contributed by atoms with Crippen molar-refractivity contribution >= 4 is 17.5 Å². The highest BCUT2D eigenvalue weighted by Crippen LogP contribution is 2.46. The largest absolute Gasteiger partial charge is 0.459 e. The van der Waals surface area contributed by atoms with Crippen molar-refractivity contribution in [3.05, 3.63) is 42.4 Å². The normalized spacial score (nSPS) is 22.1. The van der Waals surface area contributed by atoms with E-state index in [0.717, 1.165) is 37.9 Å². The summed E-state index contributed by atoms with van der Waals surface area (Å²) in [6.07, 6.45) is 8.05. The zero-order chi connectivity index (χ0) is 19.8. The lowest BCUT2D eigenvalue weighted by Crippen LogP contribution is -2.43. The second kappa shape index (κ2) is 7.13. The van der Waals surface area contributed by atoms with E-state index in [1.165, 1.54) is 12.7 Å². The number of carbonyl (C=O) groups is 2. The summed E-state index contributed by atoms with van der Waals surface area (Å²) in [5, 5.41) is 2.94. The van der Waals surface area contributed by atoms with E-state index < -0.39 is 11.8 Å². The third-order valence-corrected chi connectivity index (χ3v) is 5.97. The standard InChI is InChI=1S/C22H24N2O5/c25-20(16-6-4-12-24(16)21(26)18-7-5-13-27-18)23-15-8-9-17-19(14-15)29-22(28-17)10-2-1-3-11-22/h5,7-9,13-14,16H,1-4,6,10-12H2,(H,23,25)/t16-/m0/s1. The molecule has 1 aromatic carbocycles. The SMILES string of the molecule is O=C(Nc1ccc2c(c1)OC1(CCCCC1)O2)[C@@H]1CCCN1C(=O)c1ccco1. The van der Waals surface area contributed by atoms with Gasteiger partial charge in [0.2, 0.25) is 5.91 Å². The number of likely N-dealkylation sites (tertiary alicyclic amines) is 1. The van der Waals surface area contributed by atoms with Gasteiger partial charge in [-0.1, -0.05) is 6.42 Å². The molecule has 7 nitrogen and oxygen atoms in total. The van der Waals surface area contributed by atoms with Gasteiger partial charge in [0.05, 0.1) is 6.26 Å². The number of carbonyl (C=O) groups excluding carboxylic acids is 2. The van der Waals surface area contributed by atoms with Crippen molar-refractivity contribution in [1.82, 2.24) is 4.90 Å². The number of hydrogen-bond acceptors (Lipinski definition) is 5. The van der Waals surface area contributed by atoms with E-state index >= 15 is 0 Å². The van der Waals surface area contributed by atoms with E-state index in [1.54, 1.807) is 17.0 Å². The van der Waals surface area contributed by atoms with Crippen LogP contribution in [-0.2, 0) is 4.79 Å². The maximum Gasteiger partial charge on any atom is 0.290 e. The monoisotopic (exact) mass is 396 g/mol. The van der Waals surface area contributed by atoms with Crippen LogP contribution in [0.1, 0.15) is 55.5 Å². The van der Waals surface area contributed by atoms with Gasteiger partial charge in [-0.2, -0.15) is 0 Å². The van der Waals surface area contributed by atoms with E-state index in [0.29, 0.717) is 24.4 Å². The molecule has 1 N–H and O–H groups in total. The Morgan fingerprint density at radius 2 is 1.86 bits per heavy atom. The molecule has 152 valence electrons. The first-order valence-electron chi connectivity index (χ1n) is 10.3. The zero-order valence-electron chi connectivity index (χ0n) is 16.2. The Hall–Kier alpha value is -2.96. The molecule has 0 radical (unpaired) electrons. The van der Waals surface area contributed by atoms with Crippen LogP contribution < -0.4 is 14.8 Å². The molecule has 2 fully saturated rings. The second-order valence-corrected chi connectivity index (χ2v) is 7.96. The van der Waals surface area contributed by atoms with E-state index in [1.807, 2.05) is 18.2 Å². The van der Waals surface area contributed by atoms with Crippen LogP contribution >= 0.6 is 0 Å². The van der Waals surface area contributed by atoms with Crippen LogP contribution in [-0.4, -0.2) is 35.1 Å². The highest BCUT2D eigenvalue weighted by molar-refractivity contribution is 6.00. The summed E-state index contributed by atoms with van der Waals surface area (Å²) in [4.78, 5) is 27.1. The lowest BCUT2D eigenvalue weighted by atomic mass is 9.94. The van der Waals surface area contributed by atoms with E-state index in [2.05, 4.69) is 5.32 Å². The van der Waals surface area contributed by atoms with Crippen molar-refractivity contribution in [2.24, 2.45) is 0 Å². The van der Waals surface area contributed by atoms with Crippen molar-refractivity contribution in [2.45, 2.75) is 56.8 Å². The summed E-state index contributed by atoms with van der Waals surface area (Å²) in [7, 11) is 0. The number of nitrogens with one attached hydrogen (secondary N) is 1. The van der Waals surface area contributed by atoms with Crippen LogP contribution in [0.5, 0.6) is 11.5 Å². The first-order chi connectivity index (χ1) is 14.1. The summed E-state index contributed by atoms with van der Waals surface area (Å²) < 4.78 is 17.4. The summed E-state index contributed by atoms with van der Waals surface area (Å²) >= 11 is 0. The minimum atomic E-state index is -0.541.